The Morgan fingerprint density at radius 2 is 1.85 bits per heavy atom. The van der Waals surface area contributed by atoms with Crippen LogP contribution in [0.4, 0.5) is 0 Å². The van der Waals surface area contributed by atoms with Gasteiger partial charge in [0.05, 0.1) is 5.92 Å². The summed E-state index contributed by atoms with van der Waals surface area (Å²) in [6.07, 6.45) is 2.70. The Bertz CT molecular complexity index is 362. The molecule has 0 aromatic heterocycles. The Morgan fingerprint density at radius 3 is 2.35 bits per heavy atom. The van der Waals surface area contributed by atoms with Crippen molar-refractivity contribution in [3.8, 4) is 0 Å². The fraction of sp³-hybridized carbons (Fsp3) is 0.867. The molecule has 0 aliphatic carbocycles. The third-order valence-corrected chi connectivity index (χ3v) is 4.52. The largest absolute Gasteiger partial charge is 0.353 e. The van der Waals surface area contributed by atoms with Crippen LogP contribution in [0.2, 0.25) is 0 Å². The smallest absolute Gasteiger partial charge is 0.227 e. The van der Waals surface area contributed by atoms with Crippen LogP contribution in [-0.4, -0.2) is 48.4 Å². The number of likely N-dealkylation sites (tertiary alicyclic amines) is 1. The number of piperidine rings is 1. The maximum Gasteiger partial charge on any atom is 0.227 e. The van der Waals surface area contributed by atoms with Gasteiger partial charge in [-0.25, -0.2) is 0 Å². The van der Waals surface area contributed by atoms with E-state index in [-0.39, 0.29) is 29.7 Å². The monoisotopic (exact) mass is 281 g/mol. The molecule has 0 bridgehead atoms. The molecular formula is C15H27N3O2. The zero-order valence-corrected chi connectivity index (χ0v) is 12.8. The molecule has 2 fully saturated rings. The minimum atomic E-state index is 0.0278. The molecule has 2 N–H and O–H groups in total. The lowest BCUT2D eigenvalue weighted by atomic mass is 9.97. The van der Waals surface area contributed by atoms with E-state index in [4.69, 9.17) is 0 Å². The summed E-state index contributed by atoms with van der Waals surface area (Å²) in [6, 6.07) is 0.522. The highest BCUT2D eigenvalue weighted by molar-refractivity contribution is 5.80. The van der Waals surface area contributed by atoms with Gasteiger partial charge in [0, 0.05) is 31.1 Å². The standard InChI is InChI=1S/C15H27N3O2/c1-10(2)14(19)17-12-5-8-18(9-6-12)15(20)13-4-7-16-11(13)3/h10-13,16H,4-9H2,1-3H3,(H,17,19). The highest BCUT2D eigenvalue weighted by Crippen LogP contribution is 2.21. The van der Waals surface area contributed by atoms with E-state index in [1.807, 2.05) is 18.7 Å². The topological polar surface area (TPSA) is 61.4 Å². The zero-order valence-electron chi connectivity index (χ0n) is 12.8. The third kappa shape index (κ3) is 3.51. The molecule has 2 heterocycles. The number of hydrogen-bond donors (Lipinski definition) is 2. The van der Waals surface area contributed by atoms with Gasteiger partial charge in [-0.05, 0) is 32.7 Å². The molecule has 2 amide bonds. The average molecular weight is 281 g/mol. The number of amides is 2. The highest BCUT2D eigenvalue weighted by atomic mass is 16.2. The predicted octanol–water partition coefficient (Wildman–Crippen LogP) is 0.748. The first-order valence-corrected chi connectivity index (χ1v) is 7.81. The molecule has 0 aromatic carbocycles. The van der Waals surface area contributed by atoms with Crippen LogP contribution >= 0.6 is 0 Å². The number of hydrogen-bond acceptors (Lipinski definition) is 3. The van der Waals surface area contributed by atoms with Crippen LogP contribution in [0.15, 0.2) is 0 Å². The third-order valence-electron chi connectivity index (χ3n) is 4.52. The van der Waals surface area contributed by atoms with Crippen molar-refractivity contribution >= 4 is 11.8 Å². The summed E-state index contributed by atoms with van der Waals surface area (Å²) in [5.41, 5.74) is 0. The van der Waals surface area contributed by atoms with Crippen LogP contribution in [0.5, 0.6) is 0 Å². The van der Waals surface area contributed by atoms with Crippen molar-refractivity contribution in [2.24, 2.45) is 11.8 Å². The molecule has 5 heteroatoms. The average Bonchev–Trinajstić information content (AvgIpc) is 2.85. The first kappa shape index (κ1) is 15.3. The van der Waals surface area contributed by atoms with Crippen molar-refractivity contribution < 1.29 is 9.59 Å². The van der Waals surface area contributed by atoms with Gasteiger partial charge < -0.3 is 15.5 Å². The van der Waals surface area contributed by atoms with E-state index in [1.54, 1.807) is 0 Å². The van der Waals surface area contributed by atoms with Gasteiger partial charge in [0.2, 0.25) is 11.8 Å². The molecule has 0 spiro atoms. The second-order valence-corrected chi connectivity index (χ2v) is 6.40. The molecule has 0 radical (unpaired) electrons. The molecule has 2 rings (SSSR count). The summed E-state index contributed by atoms with van der Waals surface area (Å²) >= 11 is 0. The fourth-order valence-corrected chi connectivity index (χ4v) is 3.04. The molecule has 114 valence electrons. The van der Waals surface area contributed by atoms with E-state index >= 15 is 0 Å². The van der Waals surface area contributed by atoms with E-state index in [1.165, 1.54) is 0 Å². The number of nitrogens with zero attached hydrogens (tertiary/aromatic N) is 1. The molecule has 2 atom stereocenters. The Morgan fingerprint density at radius 1 is 1.20 bits per heavy atom. The molecule has 2 unspecified atom stereocenters. The van der Waals surface area contributed by atoms with Gasteiger partial charge in [-0.3, -0.25) is 9.59 Å². The van der Waals surface area contributed by atoms with E-state index in [0.717, 1.165) is 38.9 Å². The van der Waals surface area contributed by atoms with E-state index in [0.29, 0.717) is 6.04 Å². The van der Waals surface area contributed by atoms with Crippen LogP contribution < -0.4 is 10.6 Å². The highest BCUT2D eigenvalue weighted by Gasteiger charge is 2.34. The Kier molecular flexibility index (Phi) is 5.02. The van der Waals surface area contributed by atoms with Gasteiger partial charge in [-0.1, -0.05) is 13.8 Å². The second kappa shape index (κ2) is 6.57. The summed E-state index contributed by atoms with van der Waals surface area (Å²) < 4.78 is 0. The first-order valence-electron chi connectivity index (χ1n) is 7.81. The van der Waals surface area contributed by atoms with Gasteiger partial charge in [0.15, 0.2) is 0 Å². The number of rotatable bonds is 3. The molecular weight excluding hydrogens is 254 g/mol. The van der Waals surface area contributed by atoms with Crippen LogP contribution in [-0.2, 0) is 9.59 Å². The minimum Gasteiger partial charge on any atom is -0.353 e. The number of carbonyl (C=O) groups excluding carboxylic acids is 2. The molecule has 2 aliphatic heterocycles. The van der Waals surface area contributed by atoms with Gasteiger partial charge in [0.25, 0.3) is 0 Å². The molecule has 2 saturated heterocycles. The van der Waals surface area contributed by atoms with Crippen molar-refractivity contribution in [3.05, 3.63) is 0 Å². The zero-order chi connectivity index (χ0) is 14.7. The molecule has 2 aliphatic rings. The summed E-state index contributed by atoms with van der Waals surface area (Å²) in [4.78, 5) is 26.1. The molecule has 0 saturated carbocycles. The van der Waals surface area contributed by atoms with Gasteiger partial charge >= 0.3 is 0 Å². The SMILES string of the molecule is CC(C)C(=O)NC1CCN(C(=O)C2CCNC2C)CC1. The molecule has 0 aromatic rings. The summed E-state index contributed by atoms with van der Waals surface area (Å²) in [6.45, 7) is 8.38. The lowest BCUT2D eigenvalue weighted by Crippen LogP contribution is -2.49. The van der Waals surface area contributed by atoms with Crippen molar-refractivity contribution in [2.75, 3.05) is 19.6 Å². The molecule has 20 heavy (non-hydrogen) atoms. The van der Waals surface area contributed by atoms with Crippen molar-refractivity contribution in [1.29, 1.82) is 0 Å². The van der Waals surface area contributed by atoms with Gasteiger partial charge in [0.1, 0.15) is 0 Å². The van der Waals surface area contributed by atoms with E-state index in [9.17, 15) is 9.59 Å². The van der Waals surface area contributed by atoms with E-state index < -0.39 is 0 Å². The van der Waals surface area contributed by atoms with Crippen molar-refractivity contribution in [2.45, 2.75) is 52.1 Å². The lowest BCUT2D eigenvalue weighted by Gasteiger charge is -2.34. The predicted molar refractivity (Wildman–Crippen MR) is 78.2 cm³/mol. The first-order chi connectivity index (χ1) is 9.49. The summed E-state index contributed by atoms with van der Waals surface area (Å²) in [5, 5.41) is 6.40. The van der Waals surface area contributed by atoms with Crippen LogP contribution in [0, 0.1) is 11.8 Å². The second-order valence-electron chi connectivity index (χ2n) is 6.40. The normalized spacial score (nSPS) is 27.9. The minimum absolute atomic E-state index is 0.0278. The van der Waals surface area contributed by atoms with Crippen LogP contribution in [0.1, 0.15) is 40.0 Å². The number of nitrogens with one attached hydrogen (secondary N) is 2. The van der Waals surface area contributed by atoms with Gasteiger partial charge in [-0.2, -0.15) is 0 Å². The fourth-order valence-electron chi connectivity index (χ4n) is 3.04. The Hall–Kier alpha value is -1.10. The van der Waals surface area contributed by atoms with E-state index in [2.05, 4.69) is 17.6 Å². The van der Waals surface area contributed by atoms with Crippen LogP contribution in [0.25, 0.3) is 0 Å². The Labute approximate surface area is 121 Å². The van der Waals surface area contributed by atoms with Gasteiger partial charge in [-0.15, -0.1) is 0 Å². The summed E-state index contributed by atoms with van der Waals surface area (Å²) in [5.74, 6) is 0.566. The maximum atomic E-state index is 12.4. The maximum absolute atomic E-state index is 12.4. The van der Waals surface area contributed by atoms with Crippen LogP contribution in [0.3, 0.4) is 0 Å². The quantitative estimate of drug-likeness (QED) is 0.802. The Balaban J connectivity index is 1.79. The number of carbonyl (C=O) groups is 2. The van der Waals surface area contributed by atoms with Crippen molar-refractivity contribution in [1.82, 2.24) is 15.5 Å². The lowest BCUT2D eigenvalue weighted by molar-refractivity contribution is -0.136. The van der Waals surface area contributed by atoms with Crippen molar-refractivity contribution in [3.63, 3.8) is 0 Å². The summed E-state index contributed by atoms with van der Waals surface area (Å²) in [7, 11) is 0. The molecule has 5 nitrogen and oxygen atoms in total.